The van der Waals surface area contributed by atoms with E-state index < -0.39 is 10.8 Å². The summed E-state index contributed by atoms with van der Waals surface area (Å²) < 4.78 is 5.42. The number of nitrogens with two attached hydrogens (primary N) is 1. The molecule has 5 unspecified atom stereocenters. The van der Waals surface area contributed by atoms with Crippen molar-refractivity contribution in [1.82, 2.24) is 4.90 Å². The van der Waals surface area contributed by atoms with Crippen LogP contribution in [0, 0.1) is 40.4 Å². The van der Waals surface area contributed by atoms with Crippen molar-refractivity contribution in [3.63, 3.8) is 0 Å². The van der Waals surface area contributed by atoms with E-state index in [9.17, 15) is 9.59 Å². The van der Waals surface area contributed by atoms with Crippen LogP contribution in [-0.2, 0) is 20.9 Å². The Morgan fingerprint density at radius 1 is 1.16 bits per heavy atom. The molecule has 5 aliphatic rings. The van der Waals surface area contributed by atoms with Crippen molar-refractivity contribution in [2.24, 2.45) is 46.2 Å². The van der Waals surface area contributed by atoms with Gasteiger partial charge < -0.3 is 10.5 Å². The van der Waals surface area contributed by atoms with Gasteiger partial charge >= 0.3 is 5.97 Å². The van der Waals surface area contributed by atoms with E-state index in [2.05, 4.69) is 4.90 Å². The average Bonchev–Trinajstić information content (AvgIpc) is 2.75. The van der Waals surface area contributed by atoms with Crippen LogP contribution in [0.4, 0.5) is 0 Å². The summed E-state index contributed by atoms with van der Waals surface area (Å²) in [7, 11) is 1.53. The molecule has 1 saturated heterocycles. The number of primary amides is 1. The van der Waals surface area contributed by atoms with Crippen LogP contribution >= 0.6 is 11.6 Å². The maximum absolute atomic E-state index is 13.3. The van der Waals surface area contributed by atoms with Crippen molar-refractivity contribution < 1.29 is 14.3 Å². The number of carbonyl (C=O) groups is 2. The van der Waals surface area contributed by atoms with E-state index in [1.165, 1.54) is 31.9 Å². The molecular weight excluding hydrogens is 424 g/mol. The molecule has 32 heavy (non-hydrogen) atoms. The van der Waals surface area contributed by atoms with Crippen LogP contribution < -0.4 is 5.73 Å². The largest absolute Gasteiger partial charge is 0.469 e. The molecule has 5 atom stereocenters. The molecule has 0 spiro atoms. The molecule has 0 radical (unpaired) electrons. The zero-order valence-corrected chi connectivity index (χ0v) is 19.9. The first-order chi connectivity index (χ1) is 15.2. The van der Waals surface area contributed by atoms with Gasteiger partial charge in [-0.05, 0) is 99.3 Å². The van der Waals surface area contributed by atoms with E-state index in [-0.39, 0.29) is 23.7 Å². The third-order valence-electron chi connectivity index (χ3n) is 9.43. The number of ether oxygens (including phenoxy) is 1. The van der Waals surface area contributed by atoms with Crippen molar-refractivity contribution >= 4 is 23.5 Å². The molecule has 6 rings (SSSR count). The lowest BCUT2D eigenvalue weighted by Crippen LogP contribution is -2.64. The smallest absolute Gasteiger partial charge is 0.312 e. The number of hydrogen-bond acceptors (Lipinski definition) is 4. The molecule has 6 heteroatoms. The number of nitrogens with zero attached hydrogens (tertiary/aromatic N) is 1. The van der Waals surface area contributed by atoms with Gasteiger partial charge in [-0.1, -0.05) is 23.7 Å². The van der Waals surface area contributed by atoms with E-state index in [1.807, 2.05) is 31.2 Å². The minimum Gasteiger partial charge on any atom is -0.469 e. The summed E-state index contributed by atoms with van der Waals surface area (Å²) in [5.74, 6) is 1.80. The number of esters is 1. The Kier molecular flexibility index (Phi) is 5.57. The summed E-state index contributed by atoms with van der Waals surface area (Å²) in [6.07, 6.45) is 6.39. The van der Waals surface area contributed by atoms with Crippen LogP contribution in [0.5, 0.6) is 0 Å². The number of benzene rings is 1. The van der Waals surface area contributed by atoms with Crippen LogP contribution in [0.2, 0.25) is 5.02 Å². The molecule has 1 aromatic carbocycles. The molecule has 1 aromatic rings. The maximum atomic E-state index is 13.3. The Labute approximate surface area is 196 Å². The Bertz CT molecular complexity index is 889. The molecule has 1 aliphatic heterocycles. The van der Waals surface area contributed by atoms with Crippen LogP contribution in [0.25, 0.3) is 0 Å². The van der Waals surface area contributed by atoms with E-state index in [1.54, 1.807) is 0 Å². The van der Waals surface area contributed by atoms with Crippen molar-refractivity contribution in [3.8, 4) is 0 Å². The lowest BCUT2D eigenvalue weighted by Gasteiger charge is -2.64. The van der Waals surface area contributed by atoms with Crippen LogP contribution in [0.3, 0.4) is 0 Å². The lowest BCUT2D eigenvalue weighted by molar-refractivity contribution is -0.198. The Morgan fingerprint density at radius 2 is 1.81 bits per heavy atom. The maximum Gasteiger partial charge on any atom is 0.312 e. The predicted octanol–water partition coefficient (Wildman–Crippen LogP) is 4.27. The Balaban J connectivity index is 1.44. The van der Waals surface area contributed by atoms with E-state index in [0.717, 1.165) is 37.4 Å². The highest BCUT2D eigenvalue weighted by molar-refractivity contribution is 6.30. The summed E-state index contributed by atoms with van der Waals surface area (Å²) in [4.78, 5) is 28.6. The van der Waals surface area contributed by atoms with Gasteiger partial charge in [0.15, 0.2) is 0 Å². The number of amides is 1. The minimum absolute atomic E-state index is 0.0444. The summed E-state index contributed by atoms with van der Waals surface area (Å²) in [5, 5.41) is 0.726. The zero-order valence-electron chi connectivity index (χ0n) is 19.2. The minimum atomic E-state index is -0.661. The van der Waals surface area contributed by atoms with Crippen molar-refractivity contribution in [2.75, 3.05) is 20.2 Å². The number of carbonyl (C=O) groups excluding carboxylic acids is 2. The predicted molar refractivity (Wildman–Crippen MR) is 124 cm³/mol. The number of rotatable bonds is 5. The number of likely N-dealkylation sites (tertiary alicyclic amines) is 1. The second-order valence-electron chi connectivity index (χ2n) is 11.3. The number of piperidine rings is 1. The molecule has 4 bridgehead atoms. The van der Waals surface area contributed by atoms with Gasteiger partial charge in [-0.25, -0.2) is 0 Å². The van der Waals surface area contributed by atoms with Gasteiger partial charge in [-0.3, -0.25) is 14.5 Å². The monoisotopic (exact) mass is 458 g/mol. The van der Waals surface area contributed by atoms with Gasteiger partial charge in [-0.15, -0.1) is 0 Å². The van der Waals surface area contributed by atoms with Gasteiger partial charge in [0.05, 0.1) is 17.9 Å². The molecule has 1 amide bonds. The fourth-order valence-electron chi connectivity index (χ4n) is 8.42. The fourth-order valence-corrected chi connectivity index (χ4v) is 8.55. The first kappa shape index (κ1) is 22.2. The molecular formula is C26H35ClN2O3. The summed E-state index contributed by atoms with van der Waals surface area (Å²) in [6, 6.07) is 7.90. The number of hydrogen-bond donors (Lipinski definition) is 1. The highest BCUT2D eigenvalue weighted by Crippen LogP contribution is 2.67. The first-order valence-electron chi connectivity index (χ1n) is 12.1. The summed E-state index contributed by atoms with van der Waals surface area (Å²) in [5.41, 5.74) is 6.21. The topological polar surface area (TPSA) is 72.6 Å². The van der Waals surface area contributed by atoms with Gasteiger partial charge in [0.2, 0.25) is 5.91 Å². The second-order valence-corrected chi connectivity index (χ2v) is 11.7. The molecule has 5 fully saturated rings. The van der Waals surface area contributed by atoms with Gasteiger partial charge in [0.25, 0.3) is 0 Å². The van der Waals surface area contributed by atoms with Gasteiger partial charge in [-0.2, -0.15) is 0 Å². The summed E-state index contributed by atoms with van der Waals surface area (Å²) >= 11 is 6.04. The Morgan fingerprint density at radius 3 is 2.41 bits per heavy atom. The first-order valence-corrected chi connectivity index (χ1v) is 12.5. The quantitative estimate of drug-likeness (QED) is 0.669. The van der Waals surface area contributed by atoms with Crippen LogP contribution in [0.15, 0.2) is 24.3 Å². The van der Waals surface area contributed by atoms with E-state index >= 15 is 0 Å². The number of methoxy groups -OCH3 is 1. The fraction of sp³-hybridized carbons (Fsp3) is 0.692. The zero-order chi connectivity index (χ0) is 22.7. The van der Waals surface area contributed by atoms with E-state index in [0.29, 0.717) is 24.3 Å². The van der Waals surface area contributed by atoms with Crippen molar-refractivity contribution in [2.45, 2.75) is 52.0 Å². The highest BCUT2D eigenvalue weighted by Gasteiger charge is 2.65. The van der Waals surface area contributed by atoms with Crippen LogP contribution in [0.1, 0.15) is 51.0 Å². The normalized spacial score (nSPS) is 40.9. The van der Waals surface area contributed by atoms with Crippen molar-refractivity contribution in [1.29, 1.82) is 0 Å². The summed E-state index contributed by atoms with van der Waals surface area (Å²) in [6.45, 7) is 4.35. The molecule has 0 aromatic heterocycles. The highest BCUT2D eigenvalue weighted by atomic mass is 35.5. The number of halogens is 1. The third-order valence-corrected chi connectivity index (χ3v) is 9.68. The van der Waals surface area contributed by atoms with E-state index in [4.69, 9.17) is 22.1 Å². The average molecular weight is 459 g/mol. The molecule has 4 aliphatic carbocycles. The van der Waals surface area contributed by atoms with Gasteiger partial charge in [0, 0.05) is 18.1 Å². The van der Waals surface area contributed by atoms with Crippen molar-refractivity contribution in [3.05, 3.63) is 34.9 Å². The molecule has 174 valence electrons. The lowest BCUT2D eigenvalue weighted by atomic mass is 9.40. The molecule has 5 nitrogen and oxygen atoms in total. The molecule has 2 N–H and O–H groups in total. The standard InChI is InChI=1S/C26H35ClN2O3/c1-25(23(28)30)15-29(14-16-3-5-20(27)6-4-16)8-7-21(25)22-19-10-17-9-18(11-19)13-26(22,12-17)24(31)32-2/h3-6,17-19,21-22H,7-15H2,1-2H3,(H2,28,30). The van der Waals surface area contributed by atoms with Crippen LogP contribution in [-0.4, -0.2) is 37.0 Å². The molecule has 4 saturated carbocycles. The second kappa shape index (κ2) is 8.02. The SMILES string of the molecule is COC(=O)C12CC3CC(CC(C3)C1C1CCN(Cc3ccc(Cl)cc3)CC1(C)C(N)=O)C2. The molecule has 1 heterocycles. The Hall–Kier alpha value is -1.59. The third kappa shape index (κ3) is 3.47. The van der Waals surface area contributed by atoms with Gasteiger partial charge in [0.1, 0.15) is 0 Å².